The van der Waals surface area contributed by atoms with Crippen LogP contribution in [0.15, 0.2) is 102 Å². The number of rotatable bonds is 5. The van der Waals surface area contributed by atoms with Gasteiger partial charge in [0, 0.05) is 24.0 Å². The molecule has 0 saturated heterocycles. The van der Waals surface area contributed by atoms with Gasteiger partial charge in [-0.25, -0.2) is 0 Å². The number of para-hydroxylation sites is 1. The van der Waals surface area contributed by atoms with Crippen molar-refractivity contribution in [3.8, 4) is 11.3 Å². The fraction of sp³-hybridized carbons (Fsp3) is 0.0769. The van der Waals surface area contributed by atoms with Gasteiger partial charge < -0.3 is 9.88 Å². The highest BCUT2D eigenvalue weighted by Gasteiger charge is 2.22. The first-order chi connectivity index (χ1) is 14.6. The van der Waals surface area contributed by atoms with Gasteiger partial charge in [-0.3, -0.25) is 9.59 Å². The molecule has 0 aliphatic rings. The number of nitrogens with zero attached hydrogens (tertiary/aromatic N) is 1. The molecule has 4 heteroatoms. The normalized spacial score (nSPS) is 10.6. The molecule has 0 saturated carbocycles. The van der Waals surface area contributed by atoms with Crippen molar-refractivity contribution in [2.75, 3.05) is 5.32 Å². The largest absolute Gasteiger partial charge is 0.340 e. The summed E-state index contributed by atoms with van der Waals surface area (Å²) in [5.74, 6) is -0.410. The van der Waals surface area contributed by atoms with E-state index in [1.807, 2.05) is 90.4 Å². The van der Waals surface area contributed by atoms with Crippen molar-refractivity contribution in [2.24, 2.45) is 0 Å². The van der Waals surface area contributed by atoms with Gasteiger partial charge in [0.1, 0.15) is 5.56 Å². The smallest absolute Gasteiger partial charge is 0.261 e. The van der Waals surface area contributed by atoms with Crippen LogP contribution in [0.4, 0.5) is 5.69 Å². The summed E-state index contributed by atoms with van der Waals surface area (Å²) < 4.78 is 2.03. The molecule has 0 radical (unpaired) electrons. The van der Waals surface area contributed by atoms with Gasteiger partial charge in [0.25, 0.3) is 5.91 Å². The van der Waals surface area contributed by atoms with E-state index in [-0.39, 0.29) is 11.0 Å². The van der Waals surface area contributed by atoms with E-state index in [4.69, 9.17) is 0 Å². The molecule has 0 atom stereocenters. The summed E-state index contributed by atoms with van der Waals surface area (Å²) in [6.07, 6.45) is 0. The lowest BCUT2D eigenvalue weighted by Gasteiger charge is -2.20. The lowest BCUT2D eigenvalue weighted by Crippen LogP contribution is -2.27. The third-order valence-electron chi connectivity index (χ3n) is 5.01. The molecular formula is C26H22N2O2. The molecule has 1 N–H and O–H groups in total. The summed E-state index contributed by atoms with van der Waals surface area (Å²) in [5, 5.41) is 2.87. The first-order valence-corrected chi connectivity index (χ1v) is 9.83. The number of anilines is 1. The number of hydrogen-bond acceptors (Lipinski definition) is 2. The Morgan fingerprint density at radius 1 is 0.833 bits per heavy atom. The summed E-state index contributed by atoms with van der Waals surface area (Å²) in [6, 6.07) is 30.3. The standard InChI is InChI=1S/C26H22N2O2/c1-19-17-23(29)24(26(30)27-22-15-9-4-10-16-22)25(21-13-7-3-8-14-21)28(19)18-20-11-5-2-6-12-20/h2-17H,18H2,1H3,(H,27,30). The molecule has 0 spiro atoms. The Hall–Kier alpha value is -3.92. The summed E-state index contributed by atoms with van der Waals surface area (Å²) in [5.41, 5.74) is 3.85. The number of pyridine rings is 1. The van der Waals surface area contributed by atoms with Crippen LogP contribution in [-0.4, -0.2) is 10.5 Å². The SMILES string of the molecule is Cc1cc(=O)c(C(=O)Nc2ccccc2)c(-c2ccccc2)n1Cc1ccccc1. The average molecular weight is 394 g/mol. The molecule has 0 fully saturated rings. The molecular weight excluding hydrogens is 372 g/mol. The topological polar surface area (TPSA) is 51.1 Å². The van der Waals surface area contributed by atoms with Crippen molar-refractivity contribution >= 4 is 11.6 Å². The Morgan fingerprint density at radius 3 is 2.03 bits per heavy atom. The van der Waals surface area contributed by atoms with E-state index in [0.717, 1.165) is 16.8 Å². The molecule has 0 unspecified atom stereocenters. The quantitative estimate of drug-likeness (QED) is 0.510. The van der Waals surface area contributed by atoms with Crippen molar-refractivity contribution < 1.29 is 4.79 Å². The predicted octanol–water partition coefficient (Wildman–Crippen LogP) is 5.12. The van der Waals surface area contributed by atoms with Crippen LogP contribution in [-0.2, 0) is 6.54 Å². The third kappa shape index (κ3) is 4.08. The van der Waals surface area contributed by atoms with Crippen LogP contribution >= 0.6 is 0 Å². The van der Waals surface area contributed by atoms with Gasteiger partial charge in [0.15, 0.2) is 5.43 Å². The maximum atomic E-state index is 13.2. The molecule has 148 valence electrons. The zero-order valence-corrected chi connectivity index (χ0v) is 16.7. The number of benzene rings is 3. The zero-order valence-electron chi connectivity index (χ0n) is 16.7. The van der Waals surface area contributed by atoms with E-state index >= 15 is 0 Å². The Labute approximate surface area is 175 Å². The number of carbonyl (C=O) groups excluding carboxylic acids is 1. The average Bonchev–Trinajstić information content (AvgIpc) is 2.77. The number of hydrogen-bond donors (Lipinski definition) is 1. The van der Waals surface area contributed by atoms with Crippen molar-refractivity contribution in [2.45, 2.75) is 13.5 Å². The molecule has 4 rings (SSSR count). The number of nitrogens with one attached hydrogen (secondary N) is 1. The van der Waals surface area contributed by atoms with E-state index in [0.29, 0.717) is 17.9 Å². The second kappa shape index (κ2) is 8.62. The molecule has 4 aromatic rings. The van der Waals surface area contributed by atoms with E-state index in [2.05, 4.69) is 5.32 Å². The van der Waals surface area contributed by atoms with Gasteiger partial charge in [-0.2, -0.15) is 0 Å². The summed E-state index contributed by atoms with van der Waals surface area (Å²) >= 11 is 0. The molecule has 0 bridgehead atoms. The fourth-order valence-electron chi connectivity index (χ4n) is 3.57. The van der Waals surface area contributed by atoms with Crippen molar-refractivity contribution in [1.29, 1.82) is 0 Å². The van der Waals surface area contributed by atoms with Gasteiger partial charge in [-0.15, -0.1) is 0 Å². The van der Waals surface area contributed by atoms with Crippen LogP contribution in [0.1, 0.15) is 21.6 Å². The van der Waals surface area contributed by atoms with Gasteiger partial charge in [0.05, 0.1) is 5.69 Å². The first kappa shape index (κ1) is 19.4. The number of carbonyl (C=O) groups is 1. The Morgan fingerprint density at radius 2 is 1.40 bits per heavy atom. The second-order valence-electron chi connectivity index (χ2n) is 7.13. The molecule has 0 aliphatic heterocycles. The second-order valence-corrected chi connectivity index (χ2v) is 7.13. The van der Waals surface area contributed by atoms with Crippen LogP contribution in [0, 0.1) is 6.92 Å². The van der Waals surface area contributed by atoms with Crippen LogP contribution in [0.25, 0.3) is 11.3 Å². The fourth-order valence-corrected chi connectivity index (χ4v) is 3.57. The molecule has 1 heterocycles. The minimum absolute atomic E-state index is 0.145. The third-order valence-corrected chi connectivity index (χ3v) is 5.01. The monoisotopic (exact) mass is 394 g/mol. The first-order valence-electron chi connectivity index (χ1n) is 9.83. The Balaban J connectivity index is 1.89. The lowest BCUT2D eigenvalue weighted by molar-refractivity contribution is 0.102. The van der Waals surface area contributed by atoms with Crippen LogP contribution in [0.5, 0.6) is 0 Å². The molecule has 1 aromatic heterocycles. The van der Waals surface area contributed by atoms with E-state index in [9.17, 15) is 9.59 Å². The van der Waals surface area contributed by atoms with Crippen molar-refractivity contribution in [3.63, 3.8) is 0 Å². The van der Waals surface area contributed by atoms with Gasteiger partial charge in [-0.05, 0) is 30.2 Å². The van der Waals surface area contributed by atoms with E-state index in [1.165, 1.54) is 6.07 Å². The van der Waals surface area contributed by atoms with Crippen LogP contribution < -0.4 is 10.7 Å². The highest BCUT2D eigenvalue weighted by atomic mass is 16.2. The maximum absolute atomic E-state index is 13.2. The number of aryl methyl sites for hydroxylation is 1. The summed E-state index contributed by atoms with van der Waals surface area (Å²) in [6.45, 7) is 2.46. The Bertz CT molecular complexity index is 1210. The maximum Gasteiger partial charge on any atom is 0.261 e. The van der Waals surface area contributed by atoms with Crippen molar-refractivity contribution in [1.82, 2.24) is 4.57 Å². The van der Waals surface area contributed by atoms with E-state index in [1.54, 1.807) is 12.1 Å². The molecule has 30 heavy (non-hydrogen) atoms. The van der Waals surface area contributed by atoms with Crippen LogP contribution in [0.2, 0.25) is 0 Å². The zero-order chi connectivity index (χ0) is 20.9. The van der Waals surface area contributed by atoms with Gasteiger partial charge >= 0.3 is 0 Å². The number of aromatic nitrogens is 1. The molecule has 0 aliphatic carbocycles. The highest BCUT2D eigenvalue weighted by molar-refractivity contribution is 6.08. The van der Waals surface area contributed by atoms with E-state index < -0.39 is 5.91 Å². The number of amides is 1. The Kier molecular flexibility index (Phi) is 5.57. The van der Waals surface area contributed by atoms with Gasteiger partial charge in [0.2, 0.25) is 0 Å². The van der Waals surface area contributed by atoms with Crippen LogP contribution in [0.3, 0.4) is 0 Å². The summed E-state index contributed by atoms with van der Waals surface area (Å²) in [7, 11) is 0. The predicted molar refractivity (Wildman–Crippen MR) is 121 cm³/mol. The molecule has 4 nitrogen and oxygen atoms in total. The molecule has 3 aromatic carbocycles. The lowest BCUT2D eigenvalue weighted by atomic mass is 10.0. The summed E-state index contributed by atoms with van der Waals surface area (Å²) in [4.78, 5) is 26.2. The molecule has 1 amide bonds. The minimum atomic E-state index is -0.410. The van der Waals surface area contributed by atoms with Gasteiger partial charge in [-0.1, -0.05) is 78.9 Å². The highest BCUT2D eigenvalue weighted by Crippen LogP contribution is 2.25. The van der Waals surface area contributed by atoms with Crippen molar-refractivity contribution in [3.05, 3.63) is 124 Å². The minimum Gasteiger partial charge on any atom is -0.340 e.